The summed E-state index contributed by atoms with van der Waals surface area (Å²) in [7, 11) is 0. The number of ether oxygens (including phenoxy) is 1. The molecule has 1 atom stereocenters. The molecule has 84 valence electrons. The normalized spacial score (nSPS) is 33.2. The molecule has 3 rings (SSSR count). The van der Waals surface area contributed by atoms with E-state index in [0.717, 1.165) is 50.1 Å². The fourth-order valence-electron chi connectivity index (χ4n) is 2.56. The van der Waals surface area contributed by atoms with Crippen LogP contribution in [0, 0.1) is 11.3 Å². The van der Waals surface area contributed by atoms with Crippen LogP contribution in [0.5, 0.6) is 0 Å². The Kier molecular flexibility index (Phi) is 2.12. The Hall–Kier alpha value is -0.770. The van der Waals surface area contributed by atoms with Crippen LogP contribution in [-0.2, 0) is 4.74 Å². The average Bonchev–Trinajstić information content (AvgIpc) is 3.19. The fraction of sp³-hybridized carbons (Fsp3) is 0.909. The van der Waals surface area contributed by atoms with Crippen LogP contribution in [0.15, 0.2) is 4.99 Å². The molecule has 3 aliphatic rings. The first-order valence-corrected chi connectivity index (χ1v) is 5.93. The number of nitrogens with two attached hydrogens (primary N) is 1. The molecule has 2 saturated carbocycles. The molecule has 0 bridgehead atoms. The zero-order valence-electron chi connectivity index (χ0n) is 9.11. The molecule has 1 saturated heterocycles. The maximum atomic E-state index is 5.95. The number of morpholine rings is 1. The quantitative estimate of drug-likeness (QED) is 0.530. The largest absolute Gasteiger partial charge is 0.378 e. The van der Waals surface area contributed by atoms with Gasteiger partial charge in [0.1, 0.15) is 0 Å². The van der Waals surface area contributed by atoms with Crippen LogP contribution in [-0.4, -0.2) is 43.7 Å². The second kappa shape index (κ2) is 3.37. The van der Waals surface area contributed by atoms with Crippen molar-refractivity contribution in [2.24, 2.45) is 22.1 Å². The van der Waals surface area contributed by atoms with E-state index in [4.69, 9.17) is 10.5 Å². The lowest BCUT2D eigenvalue weighted by Gasteiger charge is -2.27. The predicted octanol–water partition coefficient (Wildman–Crippen LogP) is 0.433. The summed E-state index contributed by atoms with van der Waals surface area (Å²) in [5.74, 6) is 1.57. The van der Waals surface area contributed by atoms with Gasteiger partial charge in [0.25, 0.3) is 0 Å². The van der Waals surface area contributed by atoms with Crippen molar-refractivity contribution >= 4 is 5.96 Å². The van der Waals surface area contributed by atoms with Crippen LogP contribution in [0.4, 0.5) is 0 Å². The number of aliphatic imine (C=N–C) groups is 1. The zero-order valence-corrected chi connectivity index (χ0v) is 9.11. The fourth-order valence-corrected chi connectivity index (χ4v) is 2.56. The summed E-state index contributed by atoms with van der Waals surface area (Å²) in [6.07, 6.45) is 4.27. The van der Waals surface area contributed by atoms with E-state index in [-0.39, 0.29) is 0 Å². The van der Waals surface area contributed by atoms with Crippen molar-refractivity contribution in [2.75, 3.05) is 32.8 Å². The summed E-state index contributed by atoms with van der Waals surface area (Å²) in [6.45, 7) is 4.30. The summed E-state index contributed by atoms with van der Waals surface area (Å²) in [5, 5.41) is 0. The zero-order chi connectivity index (χ0) is 10.3. The molecule has 0 aromatic heterocycles. The minimum absolute atomic E-state index is 0.723. The van der Waals surface area contributed by atoms with Gasteiger partial charge in [0, 0.05) is 19.6 Å². The molecule has 4 nitrogen and oxygen atoms in total. The lowest BCUT2D eigenvalue weighted by molar-refractivity contribution is 0.0674. The van der Waals surface area contributed by atoms with Crippen molar-refractivity contribution in [3.8, 4) is 0 Å². The molecular weight excluding hydrogens is 190 g/mol. The molecule has 0 radical (unpaired) electrons. The Balaban J connectivity index is 1.49. The van der Waals surface area contributed by atoms with Gasteiger partial charge in [-0.3, -0.25) is 4.99 Å². The minimum atomic E-state index is 0.723. The Morgan fingerprint density at radius 2 is 2.13 bits per heavy atom. The van der Waals surface area contributed by atoms with Crippen molar-refractivity contribution in [3.05, 3.63) is 0 Å². The first kappa shape index (κ1) is 9.46. The van der Waals surface area contributed by atoms with Crippen LogP contribution < -0.4 is 5.73 Å². The van der Waals surface area contributed by atoms with E-state index in [1.807, 2.05) is 0 Å². The van der Waals surface area contributed by atoms with Crippen LogP contribution in [0.3, 0.4) is 0 Å². The monoisotopic (exact) mass is 209 g/mol. The third-order valence-electron chi connectivity index (χ3n) is 4.06. The average molecular weight is 209 g/mol. The van der Waals surface area contributed by atoms with Gasteiger partial charge in [-0.25, -0.2) is 0 Å². The van der Waals surface area contributed by atoms with E-state index in [1.165, 1.54) is 19.3 Å². The maximum Gasteiger partial charge on any atom is 0.191 e. The van der Waals surface area contributed by atoms with Crippen molar-refractivity contribution < 1.29 is 4.74 Å². The molecule has 4 heteroatoms. The third kappa shape index (κ3) is 1.83. The first-order chi connectivity index (χ1) is 7.30. The molecule has 15 heavy (non-hydrogen) atoms. The highest BCUT2D eigenvalue weighted by atomic mass is 16.5. The van der Waals surface area contributed by atoms with Crippen molar-refractivity contribution in [2.45, 2.75) is 19.3 Å². The van der Waals surface area contributed by atoms with Gasteiger partial charge >= 0.3 is 0 Å². The minimum Gasteiger partial charge on any atom is -0.378 e. The van der Waals surface area contributed by atoms with Crippen LogP contribution in [0.1, 0.15) is 19.3 Å². The van der Waals surface area contributed by atoms with Gasteiger partial charge in [-0.05, 0) is 30.6 Å². The second-order valence-electron chi connectivity index (χ2n) is 5.06. The molecule has 3 fully saturated rings. The number of hydrogen-bond acceptors (Lipinski definition) is 2. The summed E-state index contributed by atoms with van der Waals surface area (Å²) in [6, 6.07) is 0. The van der Waals surface area contributed by atoms with E-state index in [0.29, 0.717) is 0 Å². The number of nitrogens with zero attached hydrogens (tertiary/aromatic N) is 2. The Bertz CT molecular complexity index is 280. The molecule has 1 unspecified atom stereocenters. The van der Waals surface area contributed by atoms with Crippen molar-refractivity contribution in [3.63, 3.8) is 0 Å². The topological polar surface area (TPSA) is 50.8 Å². The van der Waals surface area contributed by atoms with Gasteiger partial charge in [0.2, 0.25) is 0 Å². The van der Waals surface area contributed by atoms with Gasteiger partial charge in [0.15, 0.2) is 5.96 Å². The predicted molar refractivity (Wildman–Crippen MR) is 58.7 cm³/mol. The highest BCUT2D eigenvalue weighted by Gasteiger charge is 2.62. The van der Waals surface area contributed by atoms with E-state index in [1.54, 1.807) is 0 Å². The van der Waals surface area contributed by atoms with Crippen LogP contribution in [0.25, 0.3) is 0 Å². The van der Waals surface area contributed by atoms with E-state index >= 15 is 0 Å². The van der Waals surface area contributed by atoms with E-state index in [2.05, 4.69) is 9.89 Å². The summed E-state index contributed by atoms with van der Waals surface area (Å²) in [4.78, 5) is 6.64. The standard InChI is InChI=1S/C11H19N3O/c12-10(14-3-5-15-6-4-14)13-8-9-7-11(9)1-2-11/h9H,1-8H2,(H2,12,13). The van der Waals surface area contributed by atoms with E-state index < -0.39 is 0 Å². The molecule has 0 aromatic carbocycles. The molecule has 2 aliphatic carbocycles. The number of guanidine groups is 1. The number of rotatable bonds is 2. The summed E-state index contributed by atoms with van der Waals surface area (Å²) >= 11 is 0. The lowest BCUT2D eigenvalue weighted by Crippen LogP contribution is -2.44. The molecule has 1 spiro atoms. The van der Waals surface area contributed by atoms with Crippen LogP contribution in [0.2, 0.25) is 0 Å². The van der Waals surface area contributed by atoms with Gasteiger partial charge in [-0.2, -0.15) is 0 Å². The maximum absolute atomic E-state index is 5.95. The summed E-state index contributed by atoms with van der Waals surface area (Å²) < 4.78 is 5.28. The lowest BCUT2D eigenvalue weighted by atomic mass is 10.3. The van der Waals surface area contributed by atoms with Gasteiger partial charge in [-0.1, -0.05) is 0 Å². The van der Waals surface area contributed by atoms with Gasteiger partial charge in [-0.15, -0.1) is 0 Å². The summed E-state index contributed by atoms with van der Waals surface area (Å²) in [5.41, 5.74) is 6.70. The SMILES string of the molecule is NC(=NCC1CC12CC2)N1CCOCC1. The Morgan fingerprint density at radius 1 is 1.40 bits per heavy atom. The molecular formula is C11H19N3O. The smallest absolute Gasteiger partial charge is 0.191 e. The Labute approximate surface area is 90.5 Å². The molecule has 0 amide bonds. The highest BCUT2D eigenvalue weighted by molar-refractivity contribution is 5.78. The van der Waals surface area contributed by atoms with Gasteiger partial charge in [0.05, 0.1) is 13.2 Å². The second-order valence-corrected chi connectivity index (χ2v) is 5.06. The first-order valence-electron chi connectivity index (χ1n) is 5.93. The van der Waals surface area contributed by atoms with Crippen molar-refractivity contribution in [1.29, 1.82) is 0 Å². The molecule has 1 aliphatic heterocycles. The molecule has 1 heterocycles. The number of hydrogen-bond donors (Lipinski definition) is 1. The van der Waals surface area contributed by atoms with E-state index in [9.17, 15) is 0 Å². The Morgan fingerprint density at radius 3 is 2.73 bits per heavy atom. The van der Waals surface area contributed by atoms with Gasteiger partial charge < -0.3 is 15.4 Å². The third-order valence-corrected chi connectivity index (χ3v) is 4.06. The van der Waals surface area contributed by atoms with Crippen LogP contribution >= 0.6 is 0 Å². The molecule has 2 N–H and O–H groups in total. The highest BCUT2D eigenvalue weighted by Crippen LogP contribution is 2.70. The van der Waals surface area contributed by atoms with Crippen molar-refractivity contribution in [1.82, 2.24) is 4.90 Å². The molecule has 0 aromatic rings.